The lowest BCUT2D eigenvalue weighted by molar-refractivity contribution is -0.114. The number of carbonyl (C=O) groups excluding carboxylic acids is 1. The highest BCUT2D eigenvalue weighted by Gasteiger charge is 2.49. The molecule has 2 aliphatic rings. The van der Waals surface area contributed by atoms with Crippen molar-refractivity contribution in [2.75, 3.05) is 36.1 Å². The van der Waals surface area contributed by atoms with E-state index in [0.29, 0.717) is 31.7 Å². The average Bonchev–Trinajstić information content (AvgIpc) is 3.40. The Morgan fingerprint density at radius 3 is 2.32 bits per heavy atom. The topological polar surface area (TPSA) is 52.0 Å². The van der Waals surface area contributed by atoms with Crippen LogP contribution in [0.2, 0.25) is 0 Å². The van der Waals surface area contributed by atoms with Crippen molar-refractivity contribution in [1.82, 2.24) is 9.88 Å². The number of aromatic nitrogens is 1. The molecule has 1 fully saturated rings. The number of anilines is 2. The molecule has 3 aromatic rings. The summed E-state index contributed by atoms with van der Waals surface area (Å²) in [5.41, 5.74) is -0.0198. The second-order valence-electron chi connectivity index (χ2n) is 7.94. The van der Waals surface area contributed by atoms with E-state index in [1.165, 1.54) is 19.1 Å². The average molecular weight is 489 g/mol. The van der Waals surface area contributed by atoms with Crippen LogP contribution in [0.3, 0.4) is 0 Å². The van der Waals surface area contributed by atoms with Gasteiger partial charge in [0.2, 0.25) is 5.13 Å². The molecule has 11 heteroatoms. The first-order chi connectivity index (χ1) is 16.2. The Kier molecular flexibility index (Phi) is 5.51. The van der Waals surface area contributed by atoms with Gasteiger partial charge in [0, 0.05) is 37.6 Å². The third kappa shape index (κ3) is 4.00. The van der Waals surface area contributed by atoms with Crippen molar-refractivity contribution in [3.05, 3.63) is 65.6 Å². The first kappa shape index (κ1) is 22.3. The van der Waals surface area contributed by atoms with Gasteiger partial charge in [0.25, 0.3) is 5.91 Å². The monoisotopic (exact) mass is 489 g/mol. The van der Waals surface area contributed by atoms with Gasteiger partial charge in [0.15, 0.2) is 5.71 Å². The number of amides is 1. The number of hydrazone groups is 1. The van der Waals surface area contributed by atoms with Crippen LogP contribution in [0.4, 0.5) is 28.4 Å². The molecule has 0 spiro atoms. The van der Waals surface area contributed by atoms with E-state index >= 15 is 0 Å². The van der Waals surface area contributed by atoms with Crippen molar-refractivity contribution < 1.29 is 22.4 Å². The van der Waals surface area contributed by atoms with Crippen molar-refractivity contribution in [3.63, 3.8) is 0 Å². The molecule has 1 saturated heterocycles. The molecule has 0 saturated carbocycles. The number of para-hydroxylation sites is 1. The van der Waals surface area contributed by atoms with Crippen LogP contribution in [0, 0.1) is 5.82 Å². The first-order valence-corrected chi connectivity index (χ1v) is 11.4. The van der Waals surface area contributed by atoms with Crippen LogP contribution in [0.1, 0.15) is 6.92 Å². The maximum Gasteiger partial charge on any atom is 0.436 e. The quantitative estimate of drug-likeness (QED) is 0.392. The highest BCUT2D eigenvalue weighted by Crippen LogP contribution is 2.37. The summed E-state index contributed by atoms with van der Waals surface area (Å²) in [6.07, 6.45) is -4.80. The minimum absolute atomic E-state index is 0.0943. The lowest BCUT2D eigenvalue weighted by Gasteiger charge is -2.38. The summed E-state index contributed by atoms with van der Waals surface area (Å²) >= 11 is 1.11. The highest BCUT2D eigenvalue weighted by molar-refractivity contribution is 7.22. The third-order valence-corrected chi connectivity index (χ3v) is 6.89. The van der Waals surface area contributed by atoms with E-state index in [-0.39, 0.29) is 16.6 Å². The summed E-state index contributed by atoms with van der Waals surface area (Å²) < 4.78 is 55.7. The second-order valence-corrected chi connectivity index (χ2v) is 8.95. The summed E-state index contributed by atoms with van der Waals surface area (Å²) in [5, 5.41) is 4.51. The Labute approximate surface area is 196 Å². The molecule has 34 heavy (non-hydrogen) atoms. The lowest BCUT2D eigenvalue weighted by Crippen LogP contribution is -2.46. The molecular formula is C23H19F4N5OS. The van der Waals surface area contributed by atoms with E-state index < -0.39 is 23.4 Å². The van der Waals surface area contributed by atoms with E-state index in [2.05, 4.69) is 10.1 Å². The fraction of sp³-hybridized carbons (Fsp3) is 0.261. The molecule has 0 bridgehead atoms. The molecule has 0 atom stereocenters. The van der Waals surface area contributed by atoms with Crippen molar-refractivity contribution in [2.24, 2.45) is 5.10 Å². The second kappa shape index (κ2) is 8.39. The van der Waals surface area contributed by atoms with Gasteiger partial charge in [-0.3, -0.25) is 4.79 Å². The highest BCUT2D eigenvalue weighted by atomic mass is 32.1. The van der Waals surface area contributed by atoms with Gasteiger partial charge in [-0.05, 0) is 43.3 Å². The molecule has 0 aliphatic carbocycles. The summed E-state index contributed by atoms with van der Waals surface area (Å²) in [5.74, 6) is -1.18. The van der Waals surface area contributed by atoms with Crippen LogP contribution in [0.5, 0.6) is 0 Å². The van der Waals surface area contributed by atoms with Crippen LogP contribution in [0.15, 0.2) is 64.9 Å². The summed E-state index contributed by atoms with van der Waals surface area (Å²) in [4.78, 5) is 21.3. The minimum Gasteiger partial charge on any atom is -0.371 e. The van der Waals surface area contributed by atoms with Crippen LogP contribution in [0.25, 0.3) is 10.2 Å². The summed E-state index contributed by atoms with van der Waals surface area (Å²) in [7, 11) is 0. The number of piperazine rings is 1. The molecule has 0 radical (unpaired) electrons. The molecule has 6 nitrogen and oxygen atoms in total. The zero-order chi connectivity index (χ0) is 24.0. The number of benzene rings is 2. The molecule has 1 amide bonds. The normalized spacial score (nSPS) is 18.7. The smallest absolute Gasteiger partial charge is 0.371 e. The van der Waals surface area contributed by atoms with Crippen LogP contribution in [-0.2, 0) is 4.79 Å². The van der Waals surface area contributed by atoms with Gasteiger partial charge in [0.1, 0.15) is 5.82 Å². The molecule has 2 aromatic carbocycles. The molecule has 0 unspecified atom stereocenters. The van der Waals surface area contributed by atoms with Crippen molar-refractivity contribution in [2.45, 2.75) is 13.1 Å². The van der Waals surface area contributed by atoms with Gasteiger partial charge in [-0.2, -0.15) is 23.3 Å². The molecule has 0 N–H and O–H groups in total. The minimum atomic E-state index is -4.80. The summed E-state index contributed by atoms with van der Waals surface area (Å²) in [6, 6.07) is 13.2. The van der Waals surface area contributed by atoms with Gasteiger partial charge < -0.3 is 9.80 Å². The van der Waals surface area contributed by atoms with E-state index in [1.54, 1.807) is 41.3 Å². The Bertz CT molecular complexity index is 1270. The van der Waals surface area contributed by atoms with E-state index in [9.17, 15) is 22.4 Å². The number of nitrogens with zero attached hydrogens (tertiary/aromatic N) is 5. The van der Waals surface area contributed by atoms with E-state index in [1.807, 2.05) is 4.90 Å². The number of allylic oxidation sites excluding steroid dienone is 1. The lowest BCUT2D eigenvalue weighted by atomic mass is 10.1. The Balaban J connectivity index is 1.43. The fourth-order valence-corrected chi connectivity index (χ4v) is 5.03. The zero-order valence-corrected chi connectivity index (χ0v) is 18.8. The SMILES string of the molecule is C/C(=C1/C(=O)N(c2nc3ccccc3s2)N=C1C(F)(F)F)N1CCN(c2ccc(F)cc2)CC1. The van der Waals surface area contributed by atoms with Crippen molar-refractivity contribution in [1.29, 1.82) is 0 Å². The van der Waals surface area contributed by atoms with Gasteiger partial charge >= 0.3 is 6.18 Å². The predicted octanol–water partition coefficient (Wildman–Crippen LogP) is 4.80. The predicted molar refractivity (Wildman–Crippen MR) is 123 cm³/mol. The van der Waals surface area contributed by atoms with E-state index in [0.717, 1.165) is 26.7 Å². The number of thiazole rings is 1. The van der Waals surface area contributed by atoms with E-state index in [4.69, 9.17) is 0 Å². The molecular weight excluding hydrogens is 470 g/mol. The number of rotatable bonds is 3. The Morgan fingerprint density at radius 2 is 1.68 bits per heavy atom. The number of halogens is 4. The Morgan fingerprint density at radius 1 is 1.00 bits per heavy atom. The zero-order valence-electron chi connectivity index (χ0n) is 18.0. The van der Waals surface area contributed by atoms with Gasteiger partial charge in [0.05, 0.1) is 15.8 Å². The van der Waals surface area contributed by atoms with Gasteiger partial charge in [-0.15, -0.1) is 0 Å². The molecule has 3 heterocycles. The summed E-state index contributed by atoms with van der Waals surface area (Å²) in [6.45, 7) is 3.37. The number of alkyl halides is 3. The third-order valence-electron chi connectivity index (χ3n) is 5.88. The number of fused-ring (bicyclic) bond motifs is 1. The standard InChI is InChI=1S/C23H19F4N5OS/c1-14(30-10-12-31(13-11-30)16-8-6-15(24)7-9-16)19-20(23(25,26)27)29-32(21(19)33)22-28-17-4-2-3-5-18(17)34-22/h2-9H,10-13H2,1H3/b19-14-. The van der Waals surface area contributed by atoms with Crippen molar-refractivity contribution >= 4 is 44.0 Å². The molecule has 2 aliphatic heterocycles. The van der Waals surface area contributed by atoms with Crippen molar-refractivity contribution in [3.8, 4) is 0 Å². The van der Waals surface area contributed by atoms with Gasteiger partial charge in [-0.1, -0.05) is 23.5 Å². The first-order valence-electron chi connectivity index (χ1n) is 10.5. The van der Waals surface area contributed by atoms with Crippen LogP contribution < -0.4 is 9.91 Å². The molecule has 5 rings (SSSR count). The molecule has 1 aromatic heterocycles. The van der Waals surface area contributed by atoms with Crippen LogP contribution >= 0.6 is 11.3 Å². The van der Waals surface area contributed by atoms with Gasteiger partial charge in [-0.25, -0.2) is 9.37 Å². The maximum absolute atomic E-state index is 13.9. The number of hydrogen-bond donors (Lipinski definition) is 0. The Hall–Kier alpha value is -3.47. The van der Waals surface area contributed by atoms with Crippen LogP contribution in [-0.4, -0.2) is 53.9 Å². The fourth-order valence-electron chi connectivity index (χ4n) is 4.12. The molecule has 176 valence electrons. The number of hydrogen-bond acceptors (Lipinski definition) is 6. The number of carbonyl (C=O) groups is 1. The maximum atomic E-state index is 13.9. The largest absolute Gasteiger partial charge is 0.436 e.